The molecule has 1 aromatic heterocycles. The molecule has 13 heavy (non-hydrogen) atoms. The van der Waals surface area contributed by atoms with E-state index in [0.29, 0.717) is 5.02 Å². The minimum Gasteiger partial charge on any atom is -0.390 e. The molecule has 0 aliphatic heterocycles. The third-order valence-corrected chi connectivity index (χ3v) is 2.39. The highest BCUT2D eigenvalue weighted by Crippen LogP contribution is 2.24. The fourth-order valence-electron chi connectivity index (χ4n) is 1.42. The van der Waals surface area contributed by atoms with Crippen LogP contribution in [0, 0.1) is 0 Å². The first-order valence-electron chi connectivity index (χ1n) is 3.95. The summed E-state index contributed by atoms with van der Waals surface area (Å²) < 4.78 is 1.65. The normalized spacial score (nSPS) is 11.0. The van der Waals surface area contributed by atoms with Crippen molar-refractivity contribution in [2.45, 2.75) is 6.61 Å². The molecular weight excluding hydrogens is 188 g/mol. The molecule has 0 aliphatic carbocycles. The van der Waals surface area contributed by atoms with Crippen molar-refractivity contribution in [3.8, 4) is 0 Å². The second-order valence-electron chi connectivity index (χ2n) is 2.86. The lowest BCUT2D eigenvalue weighted by Crippen LogP contribution is -1.96. The van der Waals surface area contributed by atoms with Gasteiger partial charge in [-0.05, 0) is 6.07 Å². The second kappa shape index (κ2) is 3.01. The van der Waals surface area contributed by atoms with Crippen molar-refractivity contribution in [3.63, 3.8) is 0 Å². The van der Waals surface area contributed by atoms with Gasteiger partial charge >= 0.3 is 0 Å². The molecule has 0 unspecified atom stereocenters. The molecule has 2 rings (SSSR count). The van der Waals surface area contributed by atoms with Crippen LogP contribution in [0.2, 0.25) is 5.02 Å². The smallest absolute Gasteiger partial charge is 0.111 e. The Morgan fingerprint density at radius 3 is 3.00 bits per heavy atom. The first kappa shape index (κ1) is 8.53. The number of nitrogens with zero attached hydrogens (tertiary/aromatic N) is 2. The van der Waals surface area contributed by atoms with Crippen molar-refractivity contribution in [3.05, 3.63) is 28.9 Å². The van der Waals surface area contributed by atoms with E-state index in [1.165, 1.54) is 0 Å². The van der Waals surface area contributed by atoms with E-state index in [9.17, 15) is 0 Å². The highest BCUT2D eigenvalue weighted by Gasteiger charge is 2.09. The first-order valence-corrected chi connectivity index (χ1v) is 4.33. The molecule has 0 amide bonds. The number of rotatable bonds is 1. The van der Waals surface area contributed by atoms with E-state index in [1.54, 1.807) is 17.8 Å². The van der Waals surface area contributed by atoms with Gasteiger partial charge < -0.3 is 5.11 Å². The van der Waals surface area contributed by atoms with E-state index in [1.807, 2.05) is 12.1 Å². The third-order valence-electron chi connectivity index (χ3n) is 2.09. The number of hydrogen-bond donors (Lipinski definition) is 1. The van der Waals surface area contributed by atoms with Gasteiger partial charge in [0.15, 0.2) is 0 Å². The summed E-state index contributed by atoms with van der Waals surface area (Å²) in [4.78, 5) is 0. The Labute approximate surface area is 80.5 Å². The minimum atomic E-state index is -0.0205. The summed E-state index contributed by atoms with van der Waals surface area (Å²) in [5.41, 5.74) is 1.54. The molecular formula is C9H9ClN2O. The molecule has 3 nitrogen and oxygen atoms in total. The van der Waals surface area contributed by atoms with Crippen LogP contribution in [0.25, 0.3) is 10.9 Å². The number of benzene rings is 1. The number of halogens is 1. The largest absolute Gasteiger partial charge is 0.390 e. The molecule has 0 spiro atoms. The molecule has 0 fully saturated rings. The molecule has 1 heterocycles. The van der Waals surface area contributed by atoms with Gasteiger partial charge in [0.2, 0.25) is 0 Å². The Hall–Kier alpha value is -1.06. The fourth-order valence-corrected chi connectivity index (χ4v) is 1.63. The van der Waals surface area contributed by atoms with Gasteiger partial charge in [0, 0.05) is 12.4 Å². The predicted molar refractivity (Wildman–Crippen MR) is 51.6 cm³/mol. The van der Waals surface area contributed by atoms with Gasteiger partial charge in [-0.15, -0.1) is 0 Å². The van der Waals surface area contributed by atoms with E-state index in [2.05, 4.69) is 5.10 Å². The quantitative estimate of drug-likeness (QED) is 0.754. The van der Waals surface area contributed by atoms with Gasteiger partial charge in [-0.1, -0.05) is 23.7 Å². The maximum absolute atomic E-state index is 9.09. The Bertz CT molecular complexity index is 450. The average molecular weight is 197 g/mol. The molecule has 2 aromatic rings. The fraction of sp³-hybridized carbons (Fsp3) is 0.222. The van der Waals surface area contributed by atoms with E-state index in [4.69, 9.17) is 16.7 Å². The molecule has 68 valence electrons. The lowest BCUT2D eigenvalue weighted by molar-refractivity contribution is 0.272. The standard InChI is InChI=1S/C9H9ClN2O/c1-12-8(5-13)6-3-2-4-7(10)9(6)11-12/h2-4,13H,5H2,1H3. The van der Waals surface area contributed by atoms with E-state index in [0.717, 1.165) is 16.6 Å². The minimum absolute atomic E-state index is 0.0205. The lowest BCUT2D eigenvalue weighted by Gasteiger charge is -1.95. The SMILES string of the molecule is Cn1nc2c(Cl)cccc2c1CO. The van der Waals surface area contributed by atoms with E-state index >= 15 is 0 Å². The predicted octanol–water partition coefficient (Wildman–Crippen LogP) is 1.72. The molecule has 0 saturated heterocycles. The summed E-state index contributed by atoms with van der Waals surface area (Å²) in [6.45, 7) is -0.0205. The maximum atomic E-state index is 9.09. The number of hydrogen-bond acceptors (Lipinski definition) is 2. The maximum Gasteiger partial charge on any atom is 0.111 e. The third kappa shape index (κ3) is 1.20. The second-order valence-corrected chi connectivity index (χ2v) is 3.27. The van der Waals surface area contributed by atoms with E-state index < -0.39 is 0 Å². The summed E-state index contributed by atoms with van der Waals surface area (Å²) in [5, 5.41) is 14.8. The summed E-state index contributed by atoms with van der Waals surface area (Å²) in [7, 11) is 1.79. The van der Waals surface area contributed by atoms with Crippen LogP contribution in [-0.4, -0.2) is 14.9 Å². The highest BCUT2D eigenvalue weighted by molar-refractivity contribution is 6.35. The van der Waals surface area contributed by atoms with Crippen molar-refractivity contribution < 1.29 is 5.11 Å². The van der Waals surface area contributed by atoms with Crippen molar-refractivity contribution in [2.75, 3.05) is 0 Å². The van der Waals surface area contributed by atoms with Crippen molar-refractivity contribution in [2.24, 2.45) is 7.05 Å². The Morgan fingerprint density at radius 2 is 2.31 bits per heavy atom. The zero-order valence-electron chi connectivity index (χ0n) is 7.16. The lowest BCUT2D eigenvalue weighted by atomic mass is 10.2. The topological polar surface area (TPSA) is 38.0 Å². The van der Waals surface area contributed by atoms with Gasteiger partial charge in [0.05, 0.1) is 17.3 Å². The number of aryl methyl sites for hydroxylation is 1. The monoisotopic (exact) mass is 196 g/mol. The number of aliphatic hydroxyl groups is 1. The summed E-state index contributed by atoms with van der Waals surface area (Å²) >= 11 is 5.94. The first-order chi connectivity index (χ1) is 6.24. The van der Waals surface area contributed by atoms with Crippen LogP contribution in [0.3, 0.4) is 0 Å². The summed E-state index contributed by atoms with van der Waals surface area (Å²) in [6.07, 6.45) is 0. The van der Waals surface area contributed by atoms with Gasteiger partial charge in [-0.25, -0.2) is 0 Å². The highest BCUT2D eigenvalue weighted by atomic mass is 35.5. The zero-order valence-corrected chi connectivity index (χ0v) is 7.91. The molecule has 0 aliphatic rings. The van der Waals surface area contributed by atoms with Crippen molar-refractivity contribution in [1.82, 2.24) is 9.78 Å². The molecule has 0 bridgehead atoms. The molecule has 0 atom stereocenters. The van der Waals surface area contributed by atoms with Crippen molar-refractivity contribution >= 4 is 22.5 Å². The van der Waals surface area contributed by atoms with Crippen LogP contribution in [-0.2, 0) is 13.7 Å². The molecule has 4 heteroatoms. The van der Waals surface area contributed by atoms with Gasteiger partial charge in [-0.2, -0.15) is 5.10 Å². The summed E-state index contributed by atoms with van der Waals surface area (Å²) in [5.74, 6) is 0. The number of aromatic nitrogens is 2. The van der Waals surface area contributed by atoms with Crippen LogP contribution in [0.5, 0.6) is 0 Å². The Morgan fingerprint density at radius 1 is 1.54 bits per heavy atom. The Balaban J connectivity index is 2.86. The van der Waals surface area contributed by atoms with Crippen molar-refractivity contribution in [1.29, 1.82) is 0 Å². The van der Waals surface area contributed by atoms with Gasteiger partial charge in [0.25, 0.3) is 0 Å². The average Bonchev–Trinajstić information content (AvgIpc) is 2.43. The number of aliphatic hydroxyl groups excluding tert-OH is 1. The summed E-state index contributed by atoms with van der Waals surface area (Å²) in [6, 6.07) is 5.54. The zero-order chi connectivity index (χ0) is 9.42. The molecule has 1 N–H and O–H groups in total. The molecule has 1 aromatic carbocycles. The molecule has 0 saturated carbocycles. The molecule has 0 radical (unpaired) electrons. The Kier molecular flexibility index (Phi) is 1.98. The van der Waals surface area contributed by atoms with Crippen LogP contribution < -0.4 is 0 Å². The van der Waals surface area contributed by atoms with E-state index in [-0.39, 0.29) is 6.61 Å². The van der Waals surface area contributed by atoms with Crippen LogP contribution in [0.15, 0.2) is 18.2 Å². The van der Waals surface area contributed by atoms with Crippen LogP contribution in [0.4, 0.5) is 0 Å². The van der Waals surface area contributed by atoms with Crippen LogP contribution in [0.1, 0.15) is 5.69 Å². The number of fused-ring (bicyclic) bond motifs is 1. The van der Waals surface area contributed by atoms with Gasteiger partial charge in [0.1, 0.15) is 5.52 Å². The van der Waals surface area contributed by atoms with Crippen LogP contribution >= 0.6 is 11.6 Å². The van der Waals surface area contributed by atoms with Gasteiger partial charge in [-0.3, -0.25) is 4.68 Å².